The van der Waals surface area contributed by atoms with E-state index in [9.17, 15) is 17.3 Å². The molecule has 0 nitrogen and oxygen atoms in total. The van der Waals surface area contributed by atoms with Crippen LogP contribution in [0.5, 0.6) is 0 Å². The van der Waals surface area contributed by atoms with Gasteiger partial charge in [0.05, 0.1) is 0 Å². The molecule has 0 aromatic carbocycles. The SMILES string of the molecule is FB(F)CB(F)F. The van der Waals surface area contributed by atoms with Crippen molar-refractivity contribution in [3.8, 4) is 0 Å². The van der Waals surface area contributed by atoms with Gasteiger partial charge in [-0.2, -0.15) is 0 Å². The van der Waals surface area contributed by atoms with Crippen molar-refractivity contribution in [3.05, 3.63) is 0 Å². The Hall–Kier alpha value is -0.150. The Balaban J connectivity index is 2.95. The van der Waals surface area contributed by atoms with E-state index in [1.54, 1.807) is 0 Å². The molecule has 0 unspecified atom stereocenters. The average Bonchev–Trinajstić information content (AvgIpc) is 1.27. The van der Waals surface area contributed by atoms with Gasteiger partial charge in [0.15, 0.2) is 0 Å². The first-order valence-corrected chi connectivity index (χ1v) is 1.69. The van der Waals surface area contributed by atoms with E-state index in [0.717, 1.165) is 0 Å². The molecule has 0 atom stereocenters. The van der Waals surface area contributed by atoms with E-state index in [4.69, 9.17) is 0 Å². The van der Waals surface area contributed by atoms with Crippen molar-refractivity contribution in [2.24, 2.45) is 0 Å². The zero-order chi connectivity index (χ0) is 5.86. The molecule has 0 aromatic heterocycles. The maximum absolute atomic E-state index is 10.8. The average molecular weight is 112 g/mol. The van der Waals surface area contributed by atoms with Crippen LogP contribution in [0, 0.1) is 0 Å². The topological polar surface area (TPSA) is 0 Å². The van der Waals surface area contributed by atoms with Gasteiger partial charge in [-0.1, -0.05) is 0 Å². The maximum atomic E-state index is 10.8. The lowest BCUT2D eigenvalue weighted by Gasteiger charge is -1.83. The largest absolute Gasteiger partial charge is 0.537 e. The van der Waals surface area contributed by atoms with Gasteiger partial charge in [-0.3, -0.25) is 17.3 Å². The molecular weight excluding hydrogens is 110 g/mol. The van der Waals surface area contributed by atoms with E-state index in [2.05, 4.69) is 0 Å². The predicted octanol–water partition coefficient (Wildman–Crippen LogP) is 1.38. The van der Waals surface area contributed by atoms with Crippen LogP contribution >= 0.6 is 0 Å². The monoisotopic (exact) mass is 112 g/mol. The van der Waals surface area contributed by atoms with Gasteiger partial charge < -0.3 is 0 Å². The molecule has 0 saturated heterocycles. The Labute approximate surface area is 39.2 Å². The van der Waals surface area contributed by atoms with E-state index in [1.165, 1.54) is 0 Å². The third-order valence-corrected chi connectivity index (χ3v) is 0.356. The summed E-state index contributed by atoms with van der Waals surface area (Å²) in [6, 6.07) is 0. The van der Waals surface area contributed by atoms with Crippen molar-refractivity contribution in [2.45, 2.75) is 6.22 Å². The Bertz CT molecular complexity index is 39.0. The zero-order valence-electron chi connectivity index (χ0n) is 3.37. The summed E-state index contributed by atoms with van der Waals surface area (Å²) in [6.07, 6.45) is -1.31. The summed E-state index contributed by atoms with van der Waals surface area (Å²) in [7, 11) is -5.75. The summed E-state index contributed by atoms with van der Waals surface area (Å²) in [4.78, 5) is 0. The highest BCUT2D eigenvalue weighted by Crippen LogP contribution is 2.01. The van der Waals surface area contributed by atoms with Crippen molar-refractivity contribution in [1.82, 2.24) is 0 Å². The minimum absolute atomic E-state index is 1.31. The van der Waals surface area contributed by atoms with E-state index in [1.807, 2.05) is 0 Å². The second-order valence-corrected chi connectivity index (χ2v) is 1.02. The normalized spacial score (nSPS) is 8.57. The number of hydrogen-bond acceptors (Lipinski definition) is 0. The molecule has 0 heterocycles. The molecule has 0 spiro atoms. The smallest absolute Gasteiger partial charge is 0.288 e. The van der Waals surface area contributed by atoms with Gasteiger partial charge in [-0.05, 0) is 0 Å². The van der Waals surface area contributed by atoms with Crippen LogP contribution in [-0.2, 0) is 0 Å². The molecular formula is CH2B2F4. The van der Waals surface area contributed by atoms with Gasteiger partial charge in [-0.25, -0.2) is 0 Å². The molecule has 6 heteroatoms. The Kier molecular flexibility index (Phi) is 2.87. The molecule has 0 amide bonds. The standard InChI is InChI=1S/CH2B2F4/c4-2(5)1-3(6)7/h1H2. The van der Waals surface area contributed by atoms with E-state index < -0.39 is 20.8 Å². The highest BCUT2D eigenvalue weighted by atomic mass is 19.2. The van der Waals surface area contributed by atoms with Crippen molar-refractivity contribution < 1.29 is 17.3 Å². The van der Waals surface area contributed by atoms with Crippen LogP contribution in [0.15, 0.2) is 0 Å². The third-order valence-electron chi connectivity index (χ3n) is 0.356. The lowest BCUT2D eigenvalue weighted by molar-refractivity contribution is 0.630. The summed E-state index contributed by atoms with van der Waals surface area (Å²) >= 11 is 0. The van der Waals surface area contributed by atoms with Gasteiger partial charge in [0, 0.05) is 6.22 Å². The first kappa shape index (κ1) is 6.85. The van der Waals surface area contributed by atoms with Crippen LogP contribution in [0.1, 0.15) is 0 Å². The highest BCUT2D eigenvalue weighted by Gasteiger charge is 2.24. The van der Waals surface area contributed by atoms with Crippen LogP contribution in [0.25, 0.3) is 0 Å². The van der Waals surface area contributed by atoms with Crippen LogP contribution in [0.4, 0.5) is 17.3 Å². The first-order chi connectivity index (χ1) is 3.13. The summed E-state index contributed by atoms with van der Waals surface area (Å²) in [5.41, 5.74) is 0. The van der Waals surface area contributed by atoms with Gasteiger partial charge in [0.1, 0.15) is 0 Å². The van der Waals surface area contributed by atoms with Crippen molar-refractivity contribution >= 4 is 14.5 Å². The van der Waals surface area contributed by atoms with Gasteiger partial charge in [0.2, 0.25) is 0 Å². The van der Waals surface area contributed by atoms with Crippen LogP contribution in [-0.4, -0.2) is 14.5 Å². The number of hydrogen-bond donors (Lipinski definition) is 0. The second-order valence-electron chi connectivity index (χ2n) is 1.02. The van der Waals surface area contributed by atoms with Crippen molar-refractivity contribution in [1.29, 1.82) is 0 Å². The lowest BCUT2D eigenvalue weighted by atomic mass is 9.72. The number of halogens is 4. The number of rotatable bonds is 2. The van der Waals surface area contributed by atoms with Gasteiger partial charge in [-0.15, -0.1) is 0 Å². The molecule has 7 heavy (non-hydrogen) atoms. The fourth-order valence-corrected chi connectivity index (χ4v) is 0.135. The molecule has 40 valence electrons. The molecule has 0 aliphatic rings. The molecule has 0 fully saturated rings. The Morgan fingerprint density at radius 2 is 1.14 bits per heavy atom. The highest BCUT2D eigenvalue weighted by molar-refractivity contribution is 6.63. The molecule has 0 radical (unpaired) electrons. The lowest BCUT2D eigenvalue weighted by Crippen LogP contribution is -2.06. The molecule has 0 bridgehead atoms. The fraction of sp³-hybridized carbons (Fsp3) is 1.00. The third kappa shape index (κ3) is 5.85. The molecule has 0 aliphatic heterocycles. The summed E-state index contributed by atoms with van der Waals surface area (Å²) < 4.78 is 43.2. The van der Waals surface area contributed by atoms with Crippen LogP contribution in [0.3, 0.4) is 0 Å². The molecule has 0 N–H and O–H groups in total. The summed E-state index contributed by atoms with van der Waals surface area (Å²) in [6.45, 7) is 0. The molecule has 0 aliphatic carbocycles. The van der Waals surface area contributed by atoms with Gasteiger partial charge >= 0.3 is 14.5 Å². The Morgan fingerprint density at radius 3 is 1.14 bits per heavy atom. The van der Waals surface area contributed by atoms with E-state index >= 15 is 0 Å². The Morgan fingerprint density at radius 1 is 0.857 bits per heavy atom. The molecule has 0 rings (SSSR count). The van der Waals surface area contributed by atoms with Crippen LogP contribution < -0.4 is 0 Å². The van der Waals surface area contributed by atoms with Crippen molar-refractivity contribution in [2.75, 3.05) is 0 Å². The first-order valence-electron chi connectivity index (χ1n) is 1.69. The maximum Gasteiger partial charge on any atom is 0.537 e. The van der Waals surface area contributed by atoms with E-state index in [0.29, 0.717) is 0 Å². The molecule has 0 aromatic rings. The van der Waals surface area contributed by atoms with Gasteiger partial charge in [0.25, 0.3) is 0 Å². The van der Waals surface area contributed by atoms with Crippen LogP contribution in [0.2, 0.25) is 6.22 Å². The minimum Gasteiger partial charge on any atom is -0.288 e. The summed E-state index contributed by atoms with van der Waals surface area (Å²) in [5, 5.41) is 0. The zero-order valence-corrected chi connectivity index (χ0v) is 3.37. The molecule has 0 saturated carbocycles. The second kappa shape index (κ2) is 2.93. The predicted molar refractivity (Wildman–Crippen MR) is 20.7 cm³/mol. The summed E-state index contributed by atoms with van der Waals surface area (Å²) in [5.74, 6) is 0. The van der Waals surface area contributed by atoms with Crippen molar-refractivity contribution in [3.63, 3.8) is 0 Å². The fourth-order valence-electron chi connectivity index (χ4n) is 0.135. The van der Waals surface area contributed by atoms with E-state index in [-0.39, 0.29) is 0 Å². The quantitative estimate of drug-likeness (QED) is 0.373. The minimum atomic E-state index is -2.88.